The van der Waals surface area contributed by atoms with Gasteiger partial charge in [0.2, 0.25) is 0 Å². The highest BCUT2D eigenvalue weighted by molar-refractivity contribution is 5.74. The molecule has 26 heavy (non-hydrogen) atoms. The van der Waals surface area contributed by atoms with E-state index in [1.807, 2.05) is 49.4 Å². The SMILES string of the molecule is Cc1cccc(N=Nc2c(-c3ccc(F)c(F)c3)nc3ccccn23)c1. The van der Waals surface area contributed by atoms with Crippen LogP contribution in [0, 0.1) is 18.6 Å². The number of azo groups is 1. The van der Waals surface area contributed by atoms with Gasteiger partial charge >= 0.3 is 0 Å². The topological polar surface area (TPSA) is 42.0 Å². The second-order valence-corrected chi connectivity index (χ2v) is 5.88. The Morgan fingerprint density at radius 3 is 2.58 bits per heavy atom. The number of aromatic nitrogens is 2. The number of benzene rings is 2. The Bertz CT molecular complexity index is 1130. The van der Waals surface area contributed by atoms with Crippen molar-refractivity contribution >= 4 is 17.2 Å². The molecule has 2 heterocycles. The number of hydrogen-bond acceptors (Lipinski definition) is 3. The first kappa shape index (κ1) is 16.1. The highest BCUT2D eigenvalue weighted by atomic mass is 19.2. The van der Waals surface area contributed by atoms with Gasteiger partial charge in [-0.3, -0.25) is 4.40 Å². The van der Waals surface area contributed by atoms with Gasteiger partial charge in [0, 0.05) is 11.8 Å². The van der Waals surface area contributed by atoms with Crippen molar-refractivity contribution in [1.29, 1.82) is 0 Å². The average molecular weight is 348 g/mol. The Hall–Kier alpha value is -3.41. The molecule has 0 aliphatic rings. The Labute approximate surface area is 148 Å². The summed E-state index contributed by atoms with van der Waals surface area (Å²) in [7, 11) is 0. The third kappa shape index (κ3) is 2.97. The molecule has 2 aromatic heterocycles. The van der Waals surface area contributed by atoms with E-state index in [-0.39, 0.29) is 0 Å². The Morgan fingerprint density at radius 2 is 1.77 bits per heavy atom. The van der Waals surface area contributed by atoms with Crippen LogP contribution in [0.5, 0.6) is 0 Å². The summed E-state index contributed by atoms with van der Waals surface area (Å²) in [6.07, 6.45) is 1.80. The van der Waals surface area contributed by atoms with Crippen LogP contribution in [-0.4, -0.2) is 9.38 Å². The molecule has 6 heteroatoms. The lowest BCUT2D eigenvalue weighted by molar-refractivity contribution is 0.509. The fourth-order valence-electron chi connectivity index (χ4n) is 2.71. The maximum Gasteiger partial charge on any atom is 0.187 e. The van der Waals surface area contributed by atoms with E-state index in [1.165, 1.54) is 6.07 Å². The zero-order valence-corrected chi connectivity index (χ0v) is 13.9. The van der Waals surface area contributed by atoms with E-state index >= 15 is 0 Å². The summed E-state index contributed by atoms with van der Waals surface area (Å²) < 4.78 is 28.7. The predicted molar refractivity (Wildman–Crippen MR) is 95.9 cm³/mol. The Morgan fingerprint density at radius 1 is 0.885 bits per heavy atom. The monoisotopic (exact) mass is 348 g/mol. The fourth-order valence-corrected chi connectivity index (χ4v) is 2.71. The van der Waals surface area contributed by atoms with Gasteiger partial charge in [-0.2, -0.15) is 0 Å². The van der Waals surface area contributed by atoms with E-state index in [0.717, 1.165) is 17.7 Å². The number of imidazole rings is 1. The van der Waals surface area contributed by atoms with Crippen LogP contribution in [0.2, 0.25) is 0 Å². The molecule has 0 atom stereocenters. The summed E-state index contributed by atoms with van der Waals surface area (Å²) in [5.74, 6) is -1.38. The molecule has 0 saturated carbocycles. The van der Waals surface area contributed by atoms with Gasteiger partial charge in [0.1, 0.15) is 11.3 Å². The van der Waals surface area contributed by atoms with Crippen molar-refractivity contribution in [3.05, 3.63) is 84.1 Å². The van der Waals surface area contributed by atoms with Gasteiger partial charge < -0.3 is 0 Å². The molecule has 0 unspecified atom stereocenters. The van der Waals surface area contributed by atoms with E-state index in [4.69, 9.17) is 0 Å². The van der Waals surface area contributed by atoms with Gasteiger partial charge in [-0.05, 0) is 55.0 Å². The summed E-state index contributed by atoms with van der Waals surface area (Å²) in [4.78, 5) is 4.50. The highest BCUT2D eigenvalue weighted by Crippen LogP contribution is 2.33. The molecule has 0 aliphatic carbocycles. The van der Waals surface area contributed by atoms with Gasteiger partial charge in [0.05, 0.1) is 5.69 Å². The number of fused-ring (bicyclic) bond motifs is 1. The minimum Gasteiger partial charge on any atom is -0.283 e. The minimum atomic E-state index is -0.930. The molecule has 4 aromatic rings. The molecule has 0 saturated heterocycles. The van der Waals surface area contributed by atoms with E-state index in [0.29, 0.717) is 28.4 Å². The quantitative estimate of drug-likeness (QED) is 0.418. The van der Waals surface area contributed by atoms with Gasteiger partial charge in [-0.25, -0.2) is 13.8 Å². The molecule has 4 rings (SSSR count). The predicted octanol–water partition coefficient (Wildman–Crippen LogP) is 6.00. The largest absolute Gasteiger partial charge is 0.283 e. The summed E-state index contributed by atoms with van der Waals surface area (Å²) in [6.45, 7) is 1.97. The van der Waals surface area contributed by atoms with Crippen LogP contribution >= 0.6 is 0 Å². The molecule has 2 aromatic carbocycles. The molecule has 0 amide bonds. The minimum absolute atomic E-state index is 0.436. The van der Waals surface area contributed by atoms with Crippen molar-refractivity contribution in [1.82, 2.24) is 9.38 Å². The van der Waals surface area contributed by atoms with Crippen LogP contribution in [0.25, 0.3) is 16.9 Å². The van der Waals surface area contributed by atoms with Gasteiger partial charge in [0.25, 0.3) is 0 Å². The van der Waals surface area contributed by atoms with E-state index < -0.39 is 11.6 Å². The normalized spacial score (nSPS) is 11.5. The van der Waals surface area contributed by atoms with Crippen LogP contribution in [0.3, 0.4) is 0 Å². The maximum absolute atomic E-state index is 13.7. The first-order valence-corrected chi connectivity index (χ1v) is 8.03. The molecular weight excluding hydrogens is 334 g/mol. The van der Waals surface area contributed by atoms with Crippen LogP contribution in [0.1, 0.15) is 5.56 Å². The molecule has 4 nitrogen and oxygen atoms in total. The van der Waals surface area contributed by atoms with Crippen molar-refractivity contribution in [2.24, 2.45) is 10.2 Å². The van der Waals surface area contributed by atoms with Crippen molar-refractivity contribution in [3.8, 4) is 11.3 Å². The second kappa shape index (κ2) is 6.48. The van der Waals surface area contributed by atoms with E-state index in [9.17, 15) is 8.78 Å². The lowest BCUT2D eigenvalue weighted by Crippen LogP contribution is -1.86. The number of pyridine rings is 1. The first-order valence-electron chi connectivity index (χ1n) is 8.03. The number of halogens is 2. The van der Waals surface area contributed by atoms with Gasteiger partial charge in [-0.15, -0.1) is 10.2 Å². The smallest absolute Gasteiger partial charge is 0.187 e. The Balaban J connectivity index is 1.88. The van der Waals surface area contributed by atoms with Crippen LogP contribution in [-0.2, 0) is 0 Å². The lowest BCUT2D eigenvalue weighted by atomic mass is 10.1. The summed E-state index contributed by atoms with van der Waals surface area (Å²) in [5.41, 5.74) is 3.29. The third-order valence-electron chi connectivity index (χ3n) is 3.96. The fraction of sp³-hybridized carbons (Fsp3) is 0.0500. The zero-order chi connectivity index (χ0) is 18.1. The van der Waals surface area contributed by atoms with Crippen LogP contribution in [0.4, 0.5) is 20.3 Å². The number of aryl methyl sites for hydroxylation is 1. The van der Waals surface area contributed by atoms with E-state index in [1.54, 1.807) is 10.6 Å². The number of nitrogens with zero attached hydrogens (tertiary/aromatic N) is 4. The molecule has 0 spiro atoms. The molecular formula is C20H14F2N4. The summed E-state index contributed by atoms with van der Waals surface area (Å²) in [5, 5.41) is 8.63. The van der Waals surface area contributed by atoms with E-state index in [2.05, 4.69) is 15.2 Å². The lowest BCUT2D eigenvalue weighted by Gasteiger charge is -2.01. The van der Waals surface area contributed by atoms with Gasteiger partial charge in [0.15, 0.2) is 17.5 Å². The molecule has 0 aliphatic heterocycles. The highest BCUT2D eigenvalue weighted by Gasteiger charge is 2.15. The molecule has 128 valence electrons. The summed E-state index contributed by atoms with van der Waals surface area (Å²) >= 11 is 0. The Kier molecular flexibility index (Phi) is 4.01. The maximum atomic E-state index is 13.7. The van der Waals surface area contributed by atoms with Crippen LogP contribution in [0.15, 0.2) is 77.1 Å². The standard InChI is InChI=1S/C20H14F2N4/c1-13-5-4-6-15(11-13)24-25-20-19(14-8-9-16(21)17(22)12-14)23-18-7-2-3-10-26(18)20/h2-12H,1H3. The molecule has 0 radical (unpaired) electrons. The molecule has 0 fully saturated rings. The zero-order valence-electron chi connectivity index (χ0n) is 13.9. The van der Waals surface area contributed by atoms with Crippen molar-refractivity contribution < 1.29 is 8.78 Å². The van der Waals surface area contributed by atoms with Crippen molar-refractivity contribution in [3.63, 3.8) is 0 Å². The molecule has 0 bridgehead atoms. The number of rotatable bonds is 3. The van der Waals surface area contributed by atoms with Crippen molar-refractivity contribution in [2.45, 2.75) is 6.92 Å². The molecule has 0 N–H and O–H groups in total. The van der Waals surface area contributed by atoms with Gasteiger partial charge in [-0.1, -0.05) is 18.2 Å². The number of hydrogen-bond donors (Lipinski definition) is 0. The van der Waals surface area contributed by atoms with Crippen LogP contribution < -0.4 is 0 Å². The van der Waals surface area contributed by atoms with Crippen molar-refractivity contribution in [2.75, 3.05) is 0 Å². The second-order valence-electron chi connectivity index (χ2n) is 5.88. The average Bonchev–Trinajstić information content (AvgIpc) is 3.01. The summed E-state index contributed by atoms with van der Waals surface area (Å²) in [6, 6.07) is 16.8. The first-order chi connectivity index (χ1) is 12.6. The third-order valence-corrected chi connectivity index (χ3v) is 3.96.